The minimum Gasteiger partial charge on any atom is -0.461 e. The molecule has 0 radical (unpaired) electrons. The van der Waals surface area contributed by atoms with Crippen molar-refractivity contribution < 1.29 is 14.3 Å². The van der Waals surface area contributed by atoms with Gasteiger partial charge in [-0.2, -0.15) is 0 Å². The highest BCUT2D eigenvalue weighted by Gasteiger charge is 2.17. The van der Waals surface area contributed by atoms with Crippen LogP contribution in [-0.4, -0.2) is 21.4 Å². The van der Waals surface area contributed by atoms with Gasteiger partial charge in [0.15, 0.2) is 0 Å². The van der Waals surface area contributed by atoms with E-state index in [1.54, 1.807) is 10.9 Å². The van der Waals surface area contributed by atoms with Crippen molar-refractivity contribution in [2.75, 3.05) is 0 Å². The van der Waals surface area contributed by atoms with Gasteiger partial charge < -0.3 is 4.74 Å². The maximum absolute atomic E-state index is 12.7. The molecule has 1 heterocycles. The van der Waals surface area contributed by atoms with Crippen LogP contribution in [-0.2, 0) is 29.0 Å². The molecule has 36 heavy (non-hydrogen) atoms. The van der Waals surface area contributed by atoms with Crippen LogP contribution in [0.4, 0.5) is 0 Å². The van der Waals surface area contributed by atoms with Crippen LogP contribution in [0.2, 0.25) is 0 Å². The summed E-state index contributed by atoms with van der Waals surface area (Å²) >= 11 is 0. The first-order valence-electron chi connectivity index (χ1n) is 12.4. The normalized spacial score (nSPS) is 11.7. The number of carbonyl (C=O) groups is 2. The molecule has 3 aromatic carbocycles. The third-order valence-corrected chi connectivity index (χ3v) is 6.61. The van der Waals surface area contributed by atoms with Crippen molar-refractivity contribution in [1.29, 1.82) is 0 Å². The number of benzene rings is 3. The summed E-state index contributed by atoms with van der Waals surface area (Å²) in [6.45, 7) is 4.37. The third-order valence-electron chi connectivity index (χ3n) is 6.61. The van der Waals surface area contributed by atoms with Crippen LogP contribution in [0.15, 0.2) is 91.4 Å². The summed E-state index contributed by atoms with van der Waals surface area (Å²) in [5, 5.41) is 0. The molecule has 1 atom stereocenters. The predicted molar refractivity (Wildman–Crippen MR) is 141 cm³/mol. The second-order valence-corrected chi connectivity index (χ2v) is 9.08. The number of aryl methyl sites for hydroxylation is 2. The van der Waals surface area contributed by atoms with Crippen LogP contribution >= 0.6 is 0 Å². The molecule has 4 aromatic rings. The smallest absolute Gasteiger partial charge is 0.306 e. The SMILES string of the molecule is Cc1c(COC(=O)CCc2ccccc2)cccc1[C@H](C)c1cn(C(=O)CCc2ccccc2)cn1. The Labute approximate surface area is 212 Å². The van der Waals surface area contributed by atoms with Crippen LogP contribution in [0.3, 0.4) is 0 Å². The average Bonchev–Trinajstić information content (AvgIpc) is 3.41. The van der Waals surface area contributed by atoms with Gasteiger partial charge in [0, 0.05) is 25.0 Å². The quantitative estimate of drug-likeness (QED) is 0.250. The second-order valence-electron chi connectivity index (χ2n) is 9.08. The van der Waals surface area contributed by atoms with Gasteiger partial charge in [-0.25, -0.2) is 4.98 Å². The summed E-state index contributed by atoms with van der Waals surface area (Å²) in [7, 11) is 0. The Kier molecular flexibility index (Phi) is 8.45. The highest BCUT2D eigenvalue weighted by molar-refractivity contribution is 5.79. The first kappa shape index (κ1) is 25.1. The van der Waals surface area contributed by atoms with Gasteiger partial charge in [0.05, 0.1) is 5.69 Å². The minimum absolute atomic E-state index is 0.00176. The van der Waals surface area contributed by atoms with Crippen LogP contribution < -0.4 is 0 Å². The number of hydrogen-bond acceptors (Lipinski definition) is 4. The fourth-order valence-corrected chi connectivity index (χ4v) is 4.33. The fourth-order valence-electron chi connectivity index (χ4n) is 4.33. The van der Waals surface area contributed by atoms with Gasteiger partial charge in [0.1, 0.15) is 12.9 Å². The molecule has 0 aliphatic carbocycles. The van der Waals surface area contributed by atoms with Gasteiger partial charge in [0.25, 0.3) is 0 Å². The van der Waals surface area contributed by atoms with Gasteiger partial charge in [-0.1, -0.05) is 85.8 Å². The van der Waals surface area contributed by atoms with Crippen molar-refractivity contribution in [2.24, 2.45) is 0 Å². The molecule has 0 spiro atoms. The number of imidazole rings is 1. The Hall–Kier alpha value is -3.99. The third kappa shape index (κ3) is 6.57. The topological polar surface area (TPSA) is 61.2 Å². The predicted octanol–water partition coefficient (Wildman–Crippen LogP) is 6.29. The first-order valence-corrected chi connectivity index (χ1v) is 12.4. The van der Waals surface area contributed by atoms with Crippen LogP contribution in [0.5, 0.6) is 0 Å². The highest BCUT2D eigenvalue weighted by Crippen LogP contribution is 2.28. The molecule has 0 aliphatic rings. The van der Waals surface area contributed by atoms with Gasteiger partial charge >= 0.3 is 5.97 Å². The van der Waals surface area contributed by atoms with Crippen molar-refractivity contribution in [3.63, 3.8) is 0 Å². The van der Waals surface area contributed by atoms with E-state index in [0.717, 1.165) is 33.5 Å². The zero-order chi connectivity index (χ0) is 25.3. The number of nitrogens with zero attached hydrogens (tertiary/aromatic N) is 2. The number of rotatable bonds is 10. The summed E-state index contributed by atoms with van der Waals surface area (Å²) in [6.07, 6.45) is 5.59. The number of hydrogen-bond donors (Lipinski definition) is 0. The zero-order valence-electron chi connectivity index (χ0n) is 20.9. The minimum atomic E-state index is -0.204. The summed E-state index contributed by atoms with van der Waals surface area (Å²) < 4.78 is 7.15. The lowest BCUT2D eigenvalue weighted by atomic mass is 9.91. The molecule has 0 saturated carbocycles. The van der Waals surface area contributed by atoms with Crippen molar-refractivity contribution >= 4 is 11.9 Å². The van der Waals surface area contributed by atoms with Crippen molar-refractivity contribution in [1.82, 2.24) is 9.55 Å². The summed E-state index contributed by atoms with van der Waals surface area (Å²) in [5.41, 5.74) is 6.27. The van der Waals surface area contributed by atoms with Gasteiger partial charge in [-0.3, -0.25) is 14.2 Å². The Balaban J connectivity index is 1.35. The van der Waals surface area contributed by atoms with Crippen LogP contribution in [0, 0.1) is 6.92 Å². The number of carbonyl (C=O) groups excluding carboxylic acids is 2. The standard InChI is InChI=1S/C31H32N2O3/c1-23-27(21-36-31(35)19-17-26-12-7-4-8-13-26)14-9-15-28(23)24(2)29-20-33(22-32-29)30(34)18-16-25-10-5-3-6-11-25/h3-15,20,22,24H,16-19,21H2,1-2H3/t24-/m0/s1. The zero-order valence-corrected chi connectivity index (χ0v) is 20.9. The molecule has 0 N–H and O–H groups in total. The fraction of sp³-hybridized carbons (Fsp3) is 0.258. The van der Waals surface area contributed by atoms with E-state index in [0.29, 0.717) is 25.7 Å². The summed E-state index contributed by atoms with van der Waals surface area (Å²) in [4.78, 5) is 29.5. The molecule has 5 nitrogen and oxygen atoms in total. The molecule has 5 heteroatoms. The van der Waals surface area contributed by atoms with Crippen molar-refractivity contribution in [3.8, 4) is 0 Å². The van der Waals surface area contributed by atoms with Crippen LogP contribution in [0.25, 0.3) is 0 Å². The highest BCUT2D eigenvalue weighted by atomic mass is 16.5. The van der Waals surface area contributed by atoms with Crippen molar-refractivity contribution in [3.05, 3.63) is 125 Å². The molecule has 0 saturated heterocycles. The molecule has 0 fully saturated rings. The summed E-state index contributed by atoms with van der Waals surface area (Å²) in [6, 6.07) is 26.0. The molecule has 0 amide bonds. The van der Waals surface area contributed by atoms with E-state index < -0.39 is 0 Å². The lowest BCUT2D eigenvalue weighted by Gasteiger charge is -2.16. The second kappa shape index (κ2) is 12.1. The number of aromatic nitrogens is 2. The van der Waals surface area contributed by atoms with E-state index in [9.17, 15) is 9.59 Å². The van der Waals surface area contributed by atoms with Crippen molar-refractivity contribution in [2.45, 2.75) is 52.1 Å². The Morgan fingerprint density at radius 3 is 2.17 bits per heavy atom. The number of esters is 1. The molecule has 0 unspecified atom stereocenters. The van der Waals surface area contributed by atoms with Crippen LogP contribution in [0.1, 0.15) is 64.0 Å². The van der Waals surface area contributed by atoms with Gasteiger partial charge in [-0.05, 0) is 47.6 Å². The van der Waals surface area contributed by atoms with E-state index in [-0.39, 0.29) is 24.4 Å². The van der Waals surface area contributed by atoms with Gasteiger partial charge in [0.2, 0.25) is 5.91 Å². The average molecular weight is 481 g/mol. The summed E-state index contributed by atoms with van der Waals surface area (Å²) in [5.74, 6) is -0.177. The molecular weight excluding hydrogens is 448 g/mol. The maximum atomic E-state index is 12.7. The number of ether oxygens (including phenoxy) is 1. The lowest BCUT2D eigenvalue weighted by Crippen LogP contribution is -2.10. The van der Waals surface area contributed by atoms with E-state index in [1.807, 2.05) is 85.9 Å². The van der Waals surface area contributed by atoms with E-state index in [2.05, 4.69) is 18.0 Å². The molecular formula is C31H32N2O3. The monoisotopic (exact) mass is 480 g/mol. The van der Waals surface area contributed by atoms with E-state index >= 15 is 0 Å². The molecule has 1 aromatic heterocycles. The van der Waals surface area contributed by atoms with E-state index in [4.69, 9.17) is 4.74 Å². The molecule has 4 rings (SSSR count). The first-order chi connectivity index (χ1) is 17.5. The van der Waals surface area contributed by atoms with E-state index in [1.165, 1.54) is 0 Å². The maximum Gasteiger partial charge on any atom is 0.306 e. The largest absolute Gasteiger partial charge is 0.461 e. The van der Waals surface area contributed by atoms with Gasteiger partial charge in [-0.15, -0.1) is 0 Å². The molecule has 0 bridgehead atoms. The Morgan fingerprint density at radius 2 is 1.50 bits per heavy atom. The Morgan fingerprint density at radius 1 is 0.861 bits per heavy atom. The molecule has 184 valence electrons. The molecule has 0 aliphatic heterocycles. The lowest BCUT2D eigenvalue weighted by molar-refractivity contribution is -0.144. The Bertz CT molecular complexity index is 1300.